The maximum absolute atomic E-state index is 13.7. The first-order chi connectivity index (χ1) is 14.4. The highest BCUT2D eigenvalue weighted by molar-refractivity contribution is 5.79. The van der Waals surface area contributed by atoms with Crippen LogP contribution < -0.4 is 5.32 Å². The number of pyridine rings is 1. The molecule has 0 aliphatic carbocycles. The fourth-order valence-electron chi connectivity index (χ4n) is 4.13. The highest BCUT2D eigenvalue weighted by Gasteiger charge is 2.25. The van der Waals surface area contributed by atoms with E-state index in [4.69, 9.17) is 0 Å². The molecule has 3 heterocycles. The van der Waals surface area contributed by atoms with E-state index in [1.807, 2.05) is 30.9 Å². The molecule has 158 valence electrons. The van der Waals surface area contributed by atoms with Crippen molar-refractivity contribution in [3.05, 3.63) is 58.7 Å². The maximum atomic E-state index is 13.7. The molecule has 1 fully saturated rings. The van der Waals surface area contributed by atoms with Gasteiger partial charge in [-0.15, -0.1) is 0 Å². The van der Waals surface area contributed by atoms with Crippen LogP contribution in [-0.2, 0) is 24.9 Å². The number of hydrogen-bond acceptors (Lipinski definition) is 4. The molecule has 1 saturated heterocycles. The van der Waals surface area contributed by atoms with Gasteiger partial charge >= 0.3 is 0 Å². The van der Waals surface area contributed by atoms with Crippen LogP contribution in [0.2, 0.25) is 0 Å². The van der Waals surface area contributed by atoms with Gasteiger partial charge in [-0.2, -0.15) is 5.10 Å². The number of hydrogen-bond donors (Lipinski definition) is 1. The Balaban J connectivity index is 1.28. The number of benzene rings is 1. The minimum atomic E-state index is -0.232. The molecular weight excluding hydrogens is 381 g/mol. The molecule has 4 rings (SSSR count). The topological polar surface area (TPSA) is 63.1 Å². The number of amides is 1. The smallest absolute Gasteiger partial charge is 0.223 e. The molecule has 1 amide bonds. The number of piperidine rings is 1. The molecule has 0 atom stereocenters. The number of likely N-dealkylation sites (tertiary alicyclic amines) is 1. The molecule has 0 radical (unpaired) electrons. The summed E-state index contributed by atoms with van der Waals surface area (Å²) in [4.78, 5) is 19.5. The first-order valence-electron chi connectivity index (χ1n) is 10.4. The third kappa shape index (κ3) is 4.36. The van der Waals surface area contributed by atoms with Gasteiger partial charge in [0, 0.05) is 37.6 Å². The Morgan fingerprint density at radius 3 is 2.70 bits per heavy atom. The van der Waals surface area contributed by atoms with Crippen molar-refractivity contribution in [2.45, 2.75) is 39.8 Å². The Hall–Kier alpha value is -2.80. The van der Waals surface area contributed by atoms with Gasteiger partial charge in [0.05, 0.1) is 5.69 Å². The second kappa shape index (κ2) is 8.52. The van der Waals surface area contributed by atoms with Crippen LogP contribution in [0, 0.1) is 25.6 Å². The minimum absolute atomic E-state index is 0.0118. The van der Waals surface area contributed by atoms with Crippen LogP contribution >= 0.6 is 0 Å². The second-order valence-electron chi connectivity index (χ2n) is 8.28. The average molecular weight is 410 g/mol. The summed E-state index contributed by atoms with van der Waals surface area (Å²) in [5, 5.41) is 8.49. The van der Waals surface area contributed by atoms with E-state index in [1.165, 1.54) is 11.6 Å². The number of rotatable bonds is 5. The van der Waals surface area contributed by atoms with Gasteiger partial charge in [0.25, 0.3) is 0 Å². The molecule has 2 aromatic heterocycles. The van der Waals surface area contributed by atoms with Crippen LogP contribution in [0.1, 0.15) is 35.2 Å². The molecule has 1 N–H and O–H groups in total. The summed E-state index contributed by atoms with van der Waals surface area (Å²) in [6.07, 6.45) is 3.58. The van der Waals surface area contributed by atoms with Crippen LogP contribution in [0.4, 0.5) is 4.39 Å². The number of nitrogens with zero attached hydrogens (tertiary/aromatic N) is 4. The van der Waals surface area contributed by atoms with E-state index >= 15 is 0 Å². The number of nitrogens with one attached hydrogen (secondary N) is 1. The van der Waals surface area contributed by atoms with Crippen molar-refractivity contribution < 1.29 is 9.18 Å². The second-order valence-corrected chi connectivity index (χ2v) is 8.28. The molecule has 1 aromatic carbocycles. The largest absolute Gasteiger partial charge is 0.352 e. The van der Waals surface area contributed by atoms with Crippen molar-refractivity contribution in [2.75, 3.05) is 13.1 Å². The number of carbonyl (C=O) groups is 1. The lowest BCUT2D eigenvalue weighted by Gasteiger charge is -2.31. The molecule has 0 saturated carbocycles. The normalized spacial score (nSPS) is 15.6. The number of aromatic nitrogens is 3. The molecule has 30 heavy (non-hydrogen) atoms. The molecule has 0 unspecified atom stereocenters. The Bertz CT molecular complexity index is 1070. The van der Waals surface area contributed by atoms with Crippen molar-refractivity contribution >= 4 is 16.9 Å². The highest BCUT2D eigenvalue weighted by atomic mass is 19.1. The van der Waals surface area contributed by atoms with Crippen molar-refractivity contribution in [3.8, 4) is 0 Å². The molecular formula is C23H28FN5O. The van der Waals surface area contributed by atoms with Gasteiger partial charge in [-0.3, -0.25) is 14.4 Å². The van der Waals surface area contributed by atoms with Gasteiger partial charge in [0.15, 0.2) is 5.65 Å². The fourth-order valence-corrected chi connectivity index (χ4v) is 4.13. The molecule has 0 bridgehead atoms. The highest BCUT2D eigenvalue weighted by Crippen LogP contribution is 2.22. The number of halogens is 1. The maximum Gasteiger partial charge on any atom is 0.223 e. The van der Waals surface area contributed by atoms with E-state index in [2.05, 4.69) is 26.4 Å². The van der Waals surface area contributed by atoms with E-state index in [1.54, 1.807) is 13.0 Å². The minimum Gasteiger partial charge on any atom is -0.352 e. The first kappa shape index (κ1) is 20.5. The van der Waals surface area contributed by atoms with Gasteiger partial charge < -0.3 is 5.32 Å². The van der Waals surface area contributed by atoms with Gasteiger partial charge in [0.1, 0.15) is 5.82 Å². The molecule has 1 aliphatic rings. The Labute approximate surface area is 176 Å². The van der Waals surface area contributed by atoms with Crippen molar-refractivity contribution in [1.82, 2.24) is 25.0 Å². The quantitative estimate of drug-likeness (QED) is 0.703. The number of fused-ring (bicyclic) bond motifs is 1. The third-order valence-electron chi connectivity index (χ3n) is 5.99. The van der Waals surface area contributed by atoms with Crippen molar-refractivity contribution in [1.29, 1.82) is 0 Å². The summed E-state index contributed by atoms with van der Waals surface area (Å²) in [7, 11) is 1.91. The zero-order valence-corrected chi connectivity index (χ0v) is 17.8. The molecule has 0 spiro atoms. The number of carbonyl (C=O) groups excluding carboxylic acids is 1. The molecule has 6 nitrogen and oxygen atoms in total. The predicted molar refractivity (Wildman–Crippen MR) is 114 cm³/mol. The lowest BCUT2D eigenvalue weighted by Crippen LogP contribution is -2.40. The van der Waals surface area contributed by atoms with Crippen molar-refractivity contribution in [2.24, 2.45) is 13.0 Å². The van der Waals surface area contributed by atoms with Crippen molar-refractivity contribution in [3.63, 3.8) is 0 Å². The zero-order valence-electron chi connectivity index (χ0n) is 17.8. The van der Waals surface area contributed by atoms with Crippen LogP contribution in [0.25, 0.3) is 11.0 Å². The summed E-state index contributed by atoms with van der Waals surface area (Å²) in [5.41, 5.74) is 4.47. The van der Waals surface area contributed by atoms with Gasteiger partial charge in [-0.05, 0) is 68.6 Å². The van der Waals surface area contributed by atoms with E-state index in [0.717, 1.165) is 54.8 Å². The van der Waals surface area contributed by atoms with Crippen LogP contribution in [0.3, 0.4) is 0 Å². The summed E-state index contributed by atoms with van der Waals surface area (Å²) in [6.45, 7) is 6.68. The first-order valence-corrected chi connectivity index (χ1v) is 10.4. The van der Waals surface area contributed by atoms with Gasteiger partial charge in [-0.1, -0.05) is 12.1 Å². The lowest BCUT2D eigenvalue weighted by atomic mass is 9.95. The van der Waals surface area contributed by atoms with E-state index in [-0.39, 0.29) is 17.6 Å². The lowest BCUT2D eigenvalue weighted by molar-refractivity contribution is -0.126. The summed E-state index contributed by atoms with van der Waals surface area (Å²) < 4.78 is 15.5. The summed E-state index contributed by atoms with van der Waals surface area (Å²) >= 11 is 0. The SMILES string of the molecule is Cc1ccc(CNC(=O)C2CCN(Cc3cnc4c(c3)c(C)nn4C)CC2)cc1F. The van der Waals surface area contributed by atoms with E-state index < -0.39 is 0 Å². The molecule has 3 aromatic rings. The van der Waals surface area contributed by atoms with E-state index in [9.17, 15) is 9.18 Å². The predicted octanol–water partition coefficient (Wildman–Crippen LogP) is 3.25. The number of aryl methyl sites for hydroxylation is 3. The molecule has 7 heteroatoms. The summed E-state index contributed by atoms with van der Waals surface area (Å²) in [6, 6.07) is 7.27. The Morgan fingerprint density at radius 2 is 1.97 bits per heavy atom. The standard InChI is InChI=1S/C23H28FN5O/c1-15-4-5-17(11-21(15)24)12-26-23(30)19-6-8-29(9-7-19)14-18-10-20-16(2)27-28(3)22(20)25-13-18/h4-5,10-11,13,19H,6-9,12,14H2,1-3H3,(H,26,30). The van der Waals surface area contributed by atoms with Gasteiger partial charge in [-0.25, -0.2) is 9.37 Å². The van der Waals surface area contributed by atoms with Crippen LogP contribution in [-0.4, -0.2) is 38.7 Å². The van der Waals surface area contributed by atoms with Gasteiger partial charge in [0.2, 0.25) is 5.91 Å². The third-order valence-corrected chi connectivity index (χ3v) is 5.99. The Morgan fingerprint density at radius 1 is 1.20 bits per heavy atom. The van der Waals surface area contributed by atoms with E-state index in [0.29, 0.717) is 12.1 Å². The monoisotopic (exact) mass is 409 g/mol. The van der Waals surface area contributed by atoms with Crippen LogP contribution in [0.5, 0.6) is 0 Å². The Kier molecular flexibility index (Phi) is 5.81. The molecule has 1 aliphatic heterocycles. The fraction of sp³-hybridized carbons (Fsp3) is 0.435. The summed E-state index contributed by atoms with van der Waals surface area (Å²) in [5.74, 6) is -0.161. The zero-order chi connectivity index (χ0) is 21.3. The van der Waals surface area contributed by atoms with Crippen LogP contribution in [0.15, 0.2) is 30.5 Å². The average Bonchev–Trinajstić information content (AvgIpc) is 3.02.